The fourth-order valence-electron chi connectivity index (χ4n) is 4.96. The molecule has 0 aliphatic carbocycles. The molecular weight excluding hydrogens is 494 g/mol. The van der Waals surface area contributed by atoms with Crippen molar-refractivity contribution in [2.24, 2.45) is 0 Å². The average Bonchev–Trinajstić information content (AvgIpc) is 3.55. The van der Waals surface area contributed by atoms with Gasteiger partial charge in [0.25, 0.3) is 5.69 Å². The highest BCUT2D eigenvalue weighted by atomic mass is 16.6. The summed E-state index contributed by atoms with van der Waals surface area (Å²) in [5, 5.41) is 11.1. The maximum atomic E-state index is 12.8. The van der Waals surface area contributed by atoms with E-state index in [2.05, 4.69) is 34.1 Å². The van der Waals surface area contributed by atoms with E-state index in [4.69, 9.17) is 9.72 Å². The third-order valence-electron chi connectivity index (χ3n) is 6.78. The SMILES string of the molecule is CC(C)(C)OC(=O)N1CCCC1c1nc2ccc(CN(Cc3ccc([N+](=O)[O-])cc3)c3ccccc3)cc2[nH]1. The zero-order valence-corrected chi connectivity index (χ0v) is 22.5. The first-order chi connectivity index (χ1) is 18.7. The summed E-state index contributed by atoms with van der Waals surface area (Å²) in [6.07, 6.45) is 1.43. The summed E-state index contributed by atoms with van der Waals surface area (Å²) < 4.78 is 5.63. The Balaban J connectivity index is 1.37. The summed E-state index contributed by atoms with van der Waals surface area (Å²) in [6, 6.07) is 22.8. The van der Waals surface area contributed by atoms with Crippen molar-refractivity contribution < 1.29 is 14.5 Å². The van der Waals surface area contributed by atoms with Crippen molar-refractivity contribution in [2.75, 3.05) is 11.4 Å². The number of benzene rings is 3. The molecule has 39 heavy (non-hydrogen) atoms. The summed E-state index contributed by atoms with van der Waals surface area (Å²) in [7, 11) is 0. The molecule has 202 valence electrons. The average molecular weight is 528 g/mol. The van der Waals surface area contributed by atoms with Crippen LogP contribution in [0.1, 0.15) is 56.6 Å². The number of aromatic amines is 1. The highest BCUT2D eigenvalue weighted by molar-refractivity contribution is 5.76. The topological polar surface area (TPSA) is 105 Å². The second-order valence-electron chi connectivity index (χ2n) is 10.9. The number of amides is 1. The summed E-state index contributed by atoms with van der Waals surface area (Å²) in [4.78, 5) is 35.8. The minimum atomic E-state index is -0.550. The molecule has 2 heterocycles. The Morgan fingerprint density at radius 1 is 1.08 bits per heavy atom. The van der Waals surface area contributed by atoms with Crippen LogP contribution in [-0.2, 0) is 17.8 Å². The first kappa shape index (κ1) is 26.2. The number of imidazole rings is 1. The van der Waals surface area contributed by atoms with Crippen LogP contribution < -0.4 is 4.90 Å². The van der Waals surface area contributed by atoms with E-state index < -0.39 is 5.60 Å². The zero-order valence-electron chi connectivity index (χ0n) is 22.5. The first-order valence-electron chi connectivity index (χ1n) is 13.2. The monoisotopic (exact) mass is 527 g/mol. The number of para-hydroxylation sites is 1. The Kier molecular flexibility index (Phi) is 7.24. The Labute approximate surface area is 227 Å². The lowest BCUT2D eigenvalue weighted by Crippen LogP contribution is -2.36. The molecule has 9 nitrogen and oxygen atoms in total. The van der Waals surface area contributed by atoms with E-state index in [0.29, 0.717) is 19.6 Å². The number of fused-ring (bicyclic) bond motifs is 1. The predicted octanol–water partition coefficient (Wildman–Crippen LogP) is 6.75. The van der Waals surface area contributed by atoms with Gasteiger partial charge < -0.3 is 14.6 Å². The summed E-state index contributed by atoms with van der Waals surface area (Å²) >= 11 is 0. The molecule has 1 atom stereocenters. The normalized spacial score (nSPS) is 15.5. The number of H-pyrrole nitrogens is 1. The molecule has 5 rings (SSSR count). The van der Waals surface area contributed by atoms with Gasteiger partial charge in [0.15, 0.2) is 0 Å². The van der Waals surface area contributed by atoms with Crippen molar-refractivity contribution in [2.45, 2.75) is 58.3 Å². The second kappa shape index (κ2) is 10.8. The van der Waals surface area contributed by atoms with Gasteiger partial charge in [-0.2, -0.15) is 0 Å². The number of hydrogen-bond acceptors (Lipinski definition) is 6. The van der Waals surface area contributed by atoms with E-state index in [1.807, 2.05) is 45.0 Å². The van der Waals surface area contributed by atoms with Gasteiger partial charge in [-0.3, -0.25) is 15.0 Å². The fraction of sp³-hybridized carbons (Fsp3) is 0.333. The van der Waals surface area contributed by atoms with Crippen molar-refractivity contribution in [1.82, 2.24) is 14.9 Å². The molecule has 1 unspecified atom stereocenters. The summed E-state index contributed by atoms with van der Waals surface area (Å²) in [6.45, 7) is 7.51. The number of carbonyl (C=O) groups excluding carboxylic acids is 1. The molecule has 1 N–H and O–H groups in total. The molecule has 0 spiro atoms. The van der Waals surface area contributed by atoms with Crippen LogP contribution in [0, 0.1) is 10.1 Å². The van der Waals surface area contributed by atoms with Gasteiger partial charge in [0, 0.05) is 37.5 Å². The predicted molar refractivity (Wildman–Crippen MR) is 150 cm³/mol. The minimum Gasteiger partial charge on any atom is -0.444 e. The number of rotatable bonds is 7. The first-order valence-corrected chi connectivity index (χ1v) is 13.2. The number of hydrogen-bond donors (Lipinski definition) is 1. The lowest BCUT2D eigenvalue weighted by atomic mass is 10.1. The van der Waals surface area contributed by atoms with Gasteiger partial charge in [0.2, 0.25) is 0 Å². The van der Waals surface area contributed by atoms with E-state index in [0.717, 1.165) is 46.5 Å². The van der Waals surface area contributed by atoms with E-state index in [9.17, 15) is 14.9 Å². The molecule has 0 radical (unpaired) electrons. The van der Waals surface area contributed by atoms with Crippen molar-refractivity contribution in [3.8, 4) is 0 Å². The van der Waals surface area contributed by atoms with Crippen LogP contribution in [0.25, 0.3) is 11.0 Å². The van der Waals surface area contributed by atoms with Crippen LogP contribution in [0.3, 0.4) is 0 Å². The summed E-state index contributed by atoms with van der Waals surface area (Å²) in [5.74, 6) is 0.774. The highest BCUT2D eigenvalue weighted by Gasteiger charge is 2.35. The van der Waals surface area contributed by atoms with E-state index in [-0.39, 0.29) is 22.7 Å². The van der Waals surface area contributed by atoms with Crippen molar-refractivity contribution in [3.63, 3.8) is 0 Å². The molecule has 1 aromatic heterocycles. The van der Waals surface area contributed by atoms with Crippen molar-refractivity contribution >= 4 is 28.5 Å². The van der Waals surface area contributed by atoms with Gasteiger partial charge in [0.1, 0.15) is 11.4 Å². The van der Waals surface area contributed by atoms with E-state index in [1.54, 1.807) is 29.2 Å². The van der Waals surface area contributed by atoms with Crippen LogP contribution in [-0.4, -0.2) is 38.0 Å². The number of nitro benzene ring substituents is 1. The standard InChI is InChI=1S/C30H33N5O4/c1-30(2,3)39-29(36)34-17-7-10-27(34)28-31-25-16-13-22(18-26(25)32-28)20-33(23-8-5-4-6-9-23)19-21-11-14-24(15-12-21)35(37)38/h4-6,8-9,11-16,18,27H,7,10,17,19-20H2,1-3H3,(H,31,32). The Hall–Kier alpha value is -4.40. The van der Waals surface area contributed by atoms with Gasteiger partial charge in [0.05, 0.1) is 22.0 Å². The van der Waals surface area contributed by atoms with Crippen molar-refractivity contribution in [3.05, 3.63) is 99.9 Å². The Morgan fingerprint density at radius 3 is 2.46 bits per heavy atom. The van der Waals surface area contributed by atoms with Crippen LogP contribution in [0.5, 0.6) is 0 Å². The van der Waals surface area contributed by atoms with Gasteiger partial charge in [-0.05, 0) is 69.0 Å². The maximum Gasteiger partial charge on any atom is 0.410 e. The van der Waals surface area contributed by atoms with E-state index >= 15 is 0 Å². The summed E-state index contributed by atoms with van der Waals surface area (Å²) in [5.41, 5.74) is 4.44. The van der Waals surface area contributed by atoms with Crippen LogP contribution in [0.2, 0.25) is 0 Å². The number of ether oxygens (including phenoxy) is 1. The molecule has 1 saturated heterocycles. The lowest BCUT2D eigenvalue weighted by Gasteiger charge is -2.27. The molecule has 1 fully saturated rings. The van der Waals surface area contributed by atoms with Crippen molar-refractivity contribution in [1.29, 1.82) is 0 Å². The van der Waals surface area contributed by atoms with Gasteiger partial charge in [-0.25, -0.2) is 9.78 Å². The van der Waals surface area contributed by atoms with Crippen LogP contribution in [0.15, 0.2) is 72.8 Å². The largest absolute Gasteiger partial charge is 0.444 e. The maximum absolute atomic E-state index is 12.8. The molecule has 3 aromatic carbocycles. The Morgan fingerprint density at radius 2 is 1.77 bits per heavy atom. The number of likely N-dealkylation sites (tertiary alicyclic amines) is 1. The molecule has 0 bridgehead atoms. The molecule has 4 aromatic rings. The number of non-ortho nitro benzene ring substituents is 1. The number of nitrogens with one attached hydrogen (secondary N) is 1. The fourth-order valence-corrected chi connectivity index (χ4v) is 4.96. The number of anilines is 1. The number of carbonyl (C=O) groups is 1. The smallest absolute Gasteiger partial charge is 0.410 e. The van der Waals surface area contributed by atoms with Crippen LogP contribution in [0.4, 0.5) is 16.2 Å². The van der Waals surface area contributed by atoms with Crippen LogP contribution >= 0.6 is 0 Å². The molecule has 0 saturated carbocycles. The van der Waals surface area contributed by atoms with Gasteiger partial charge in [-0.15, -0.1) is 0 Å². The molecule has 1 aliphatic heterocycles. The molecule has 1 amide bonds. The number of nitro groups is 1. The molecule has 1 aliphatic rings. The quantitative estimate of drug-likeness (QED) is 0.211. The second-order valence-corrected chi connectivity index (χ2v) is 10.9. The van der Waals surface area contributed by atoms with Gasteiger partial charge >= 0.3 is 6.09 Å². The van der Waals surface area contributed by atoms with E-state index in [1.165, 1.54) is 0 Å². The number of nitrogens with zero attached hydrogens (tertiary/aromatic N) is 4. The molecule has 9 heteroatoms. The lowest BCUT2D eigenvalue weighted by molar-refractivity contribution is -0.384. The minimum absolute atomic E-state index is 0.0815. The third-order valence-corrected chi connectivity index (χ3v) is 6.78. The number of aromatic nitrogens is 2. The highest BCUT2D eigenvalue weighted by Crippen LogP contribution is 2.33. The zero-order chi connectivity index (χ0) is 27.6. The third kappa shape index (κ3) is 6.19. The Bertz CT molecular complexity index is 1460. The van der Waals surface area contributed by atoms with Gasteiger partial charge in [-0.1, -0.05) is 36.4 Å². The molecular formula is C30H33N5O4.